The average Bonchev–Trinajstić information content (AvgIpc) is 2.37. The summed E-state index contributed by atoms with van der Waals surface area (Å²) in [6.45, 7) is -0.461. The molecule has 0 aliphatic carbocycles. The molecule has 0 rings (SSSR count). The lowest BCUT2D eigenvalue weighted by Gasteiger charge is -2.39. The number of carbonyl (C=O) groups excluding carboxylic acids is 2. The summed E-state index contributed by atoms with van der Waals surface area (Å²) in [5, 5.41) is 0. The van der Waals surface area contributed by atoms with Crippen LogP contribution in [0.3, 0.4) is 0 Å². The highest BCUT2D eigenvalue weighted by Crippen LogP contribution is 2.12. The van der Waals surface area contributed by atoms with Crippen molar-refractivity contribution in [1.29, 1.82) is 0 Å². The molecule has 0 aliphatic rings. The Bertz CT molecular complexity index is 422. The molecule has 11 heteroatoms. The van der Waals surface area contributed by atoms with Gasteiger partial charge in [0.05, 0.1) is 37.0 Å². The Balaban J connectivity index is 5.43. The number of esters is 2. The van der Waals surface area contributed by atoms with Gasteiger partial charge in [0.15, 0.2) is 5.53 Å². The number of hydrogen-bond donors (Lipinski definition) is 0. The molecule has 2 atom stereocenters. The summed E-state index contributed by atoms with van der Waals surface area (Å²) < 4.78 is 8.22. The van der Waals surface area contributed by atoms with E-state index >= 15 is 0 Å². The first-order chi connectivity index (χ1) is 9.50. The van der Waals surface area contributed by atoms with Crippen LogP contribution in [0.4, 0.5) is 0 Å². The first kappa shape index (κ1) is 20.4. The summed E-state index contributed by atoms with van der Waals surface area (Å²) in [4.78, 5) is 23.0. The largest absolute Gasteiger partial charge is 0.465 e. The van der Waals surface area contributed by atoms with E-state index < -0.39 is 21.1 Å². The minimum atomic E-state index is -0.562. The van der Waals surface area contributed by atoms with Gasteiger partial charge in [0.1, 0.15) is 0 Å². The summed E-state index contributed by atoms with van der Waals surface area (Å²) in [7, 11) is 5.49. The molecule has 0 saturated carbocycles. The number of methoxy groups -OCH3 is 2. The number of ether oxygens (including phenoxy) is 2. The molecule has 0 spiro atoms. The van der Waals surface area contributed by atoms with Crippen LogP contribution >= 0.6 is 24.4 Å². The number of quaternary nitrogens is 2. The minimum absolute atomic E-state index is 0.0131. The summed E-state index contributed by atoms with van der Waals surface area (Å²) >= 11 is 19.9. The molecule has 0 bridgehead atoms. The van der Waals surface area contributed by atoms with E-state index in [9.17, 15) is 9.59 Å². The van der Waals surface area contributed by atoms with Gasteiger partial charge in [-0.15, -0.1) is 0 Å². The molecular weight excluding hydrogens is 354 g/mol. The van der Waals surface area contributed by atoms with Crippen molar-refractivity contribution in [2.24, 2.45) is 0 Å². The Morgan fingerprint density at radius 2 is 1.24 bits per heavy atom. The molecule has 0 aliphatic heterocycles. The number of thiocarbonyl (C=S) groups is 2. The van der Waals surface area contributed by atoms with Gasteiger partial charge in [-0.1, -0.05) is 0 Å². The molecular formula is C10H16N3O4S4. The maximum absolute atomic E-state index is 11.5. The van der Waals surface area contributed by atoms with Crippen molar-refractivity contribution in [3.63, 3.8) is 0 Å². The third-order valence-electron chi connectivity index (χ3n) is 2.51. The van der Waals surface area contributed by atoms with Gasteiger partial charge in [0.2, 0.25) is 13.1 Å². The Labute approximate surface area is 145 Å². The fraction of sp³-hybridized carbons (Fsp3) is 0.600. The topological polar surface area (TPSA) is 66.7 Å². The van der Waals surface area contributed by atoms with E-state index in [2.05, 4.69) is 15.0 Å². The third-order valence-corrected chi connectivity index (χ3v) is 4.08. The molecule has 0 N–H and O–H groups in total. The highest BCUT2D eigenvalue weighted by molar-refractivity contribution is 8.00. The fourth-order valence-corrected chi connectivity index (χ4v) is 1.74. The summed E-state index contributed by atoms with van der Waals surface area (Å²) in [5.74, 6) is -1.12. The molecule has 0 heterocycles. The van der Waals surface area contributed by atoms with E-state index in [1.807, 2.05) is 0 Å². The van der Waals surface area contributed by atoms with Gasteiger partial charge in [-0.25, -0.2) is 9.59 Å². The lowest BCUT2D eigenvalue weighted by Crippen LogP contribution is -2.69. The predicted octanol–water partition coefficient (Wildman–Crippen LogP) is -0.676. The number of carbonyl (C=O) groups is 2. The predicted molar refractivity (Wildman–Crippen MR) is 88.2 cm³/mol. The van der Waals surface area contributed by atoms with Crippen LogP contribution in [0.15, 0.2) is 0 Å². The van der Waals surface area contributed by atoms with E-state index in [0.717, 1.165) is 0 Å². The van der Waals surface area contributed by atoms with Gasteiger partial charge >= 0.3 is 11.9 Å². The number of rotatable bonds is 6. The van der Waals surface area contributed by atoms with Gasteiger partial charge in [-0.05, 0) is 0 Å². The van der Waals surface area contributed by atoms with Crippen molar-refractivity contribution >= 4 is 70.3 Å². The van der Waals surface area contributed by atoms with E-state index in [-0.39, 0.29) is 21.7 Å². The minimum Gasteiger partial charge on any atom is -0.465 e. The van der Waals surface area contributed by atoms with Crippen LogP contribution < -0.4 is 5.53 Å². The first-order valence-electron chi connectivity index (χ1n) is 5.53. The Morgan fingerprint density at radius 1 is 0.952 bits per heavy atom. The van der Waals surface area contributed by atoms with Crippen molar-refractivity contribution in [2.45, 2.75) is 0 Å². The van der Waals surface area contributed by atoms with Gasteiger partial charge in [-0.3, -0.25) is 0 Å². The second kappa shape index (κ2) is 8.17. The van der Waals surface area contributed by atoms with Crippen molar-refractivity contribution in [1.82, 2.24) is 5.53 Å². The van der Waals surface area contributed by atoms with Crippen molar-refractivity contribution in [2.75, 3.05) is 41.4 Å². The summed E-state index contributed by atoms with van der Waals surface area (Å²) in [5.41, 5.74) is 4.30. The fourth-order valence-electron chi connectivity index (χ4n) is 1.33. The second-order valence-electron chi connectivity index (χ2n) is 4.37. The zero-order valence-corrected chi connectivity index (χ0v) is 15.3. The molecule has 0 aromatic carbocycles. The molecule has 0 saturated heterocycles. The van der Waals surface area contributed by atoms with Gasteiger partial charge < -0.3 is 59.2 Å². The maximum Gasteiger partial charge on any atom is 0.364 e. The third kappa shape index (κ3) is 5.98. The first-order valence-corrected chi connectivity index (χ1v) is 7.16. The van der Waals surface area contributed by atoms with Crippen molar-refractivity contribution in [3.05, 3.63) is 0 Å². The van der Waals surface area contributed by atoms with E-state index in [1.165, 1.54) is 28.3 Å². The monoisotopic (exact) mass is 370 g/mol. The quantitative estimate of drug-likeness (QED) is 0.200. The number of nitrogens with zero attached hydrogens (tertiary/aromatic N) is 3. The normalized spacial score (nSPS) is 16.2. The average molecular weight is 371 g/mol. The van der Waals surface area contributed by atoms with Crippen LogP contribution in [-0.2, 0) is 44.3 Å². The van der Waals surface area contributed by atoms with Crippen molar-refractivity contribution < 1.29 is 28.2 Å². The number of hydrogen-bond acceptors (Lipinski definition) is 8. The Morgan fingerprint density at radius 3 is 1.43 bits per heavy atom. The van der Waals surface area contributed by atoms with Crippen LogP contribution in [-0.4, -0.2) is 71.2 Å². The number of likely N-dealkylation sites (N-methyl/N-ethyl adjacent to an activating group) is 2. The van der Waals surface area contributed by atoms with Gasteiger partial charge in [0.25, 0.3) is 0 Å². The highest BCUT2D eigenvalue weighted by Gasteiger charge is 2.42. The molecule has 119 valence electrons. The molecule has 1 radical (unpaired) electrons. The standard InChI is InChI=1S/C10H18N3O4S4/c1-12(9(18)19,5-7(14)16-3)11-13(2,10(20)21)6-8(15)17-4/h5-6H2,1-4H3,(H,18,19)(H,20,21)/q+2/p-2. The van der Waals surface area contributed by atoms with Crippen molar-refractivity contribution in [3.8, 4) is 0 Å². The van der Waals surface area contributed by atoms with Crippen LogP contribution in [0.1, 0.15) is 0 Å². The molecule has 2 unspecified atom stereocenters. The molecule has 0 amide bonds. The second-order valence-corrected chi connectivity index (χ2v) is 6.43. The van der Waals surface area contributed by atoms with Gasteiger partial charge in [0, 0.05) is 0 Å². The van der Waals surface area contributed by atoms with Crippen LogP contribution in [0.5, 0.6) is 0 Å². The van der Waals surface area contributed by atoms with Crippen LogP contribution in [0.25, 0.3) is 0 Å². The van der Waals surface area contributed by atoms with Crippen LogP contribution in [0, 0.1) is 0 Å². The smallest absolute Gasteiger partial charge is 0.364 e. The Kier molecular flexibility index (Phi) is 7.95. The maximum atomic E-state index is 11.5. The van der Waals surface area contributed by atoms with E-state index in [4.69, 9.17) is 49.7 Å². The lowest BCUT2D eigenvalue weighted by atomic mass is 10.5. The summed E-state index contributed by atoms with van der Waals surface area (Å²) in [6.07, 6.45) is 0. The zero-order valence-electron chi connectivity index (χ0n) is 12.0. The molecule has 7 nitrogen and oxygen atoms in total. The van der Waals surface area contributed by atoms with Gasteiger partial charge in [-0.2, -0.15) is 9.18 Å². The molecule has 0 aromatic rings. The van der Waals surface area contributed by atoms with Crippen LogP contribution in [0.2, 0.25) is 0 Å². The van der Waals surface area contributed by atoms with E-state index in [1.54, 1.807) is 0 Å². The summed E-state index contributed by atoms with van der Waals surface area (Å²) in [6, 6.07) is 0. The highest BCUT2D eigenvalue weighted by atomic mass is 32.1. The lowest BCUT2D eigenvalue weighted by molar-refractivity contribution is -1.07. The molecule has 0 aromatic heterocycles. The SMILES string of the molecule is COC(=O)C[N+](C)([N][N+](C)(CC(=O)OC)C(=S)[S-])C(=S)[S-]. The Hall–Kier alpha value is -0.560. The van der Waals surface area contributed by atoms with E-state index in [0.29, 0.717) is 0 Å². The zero-order chi connectivity index (χ0) is 16.8. The molecule has 21 heavy (non-hydrogen) atoms. The molecule has 0 fully saturated rings.